The molecule has 31 heavy (non-hydrogen) atoms. The van der Waals surface area contributed by atoms with E-state index in [9.17, 15) is 19.5 Å². The molecular weight excluding hydrogens is 392 g/mol. The van der Waals surface area contributed by atoms with Gasteiger partial charge in [0.05, 0.1) is 0 Å². The van der Waals surface area contributed by atoms with Crippen molar-refractivity contribution in [3.63, 3.8) is 0 Å². The molecule has 0 radical (unpaired) electrons. The van der Waals surface area contributed by atoms with Crippen LogP contribution in [0.15, 0.2) is 41.2 Å². The number of fused-ring (bicyclic) bond motifs is 1. The Bertz CT molecular complexity index is 965. The summed E-state index contributed by atoms with van der Waals surface area (Å²) in [5, 5.41) is 12.2. The van der Waals surface area contributed by atoms with Gasteiger partial charge in [-0.3, -0.25) is 9.59 Å². The maximum absolute atomic E-state index is 13.3. The first-order valence-corrected chi connectivity index (χ1v) is 11.3. The van der Waals surface area contributed by atoms with Gasteiger partial charge in [-0.2, -0.15) is 0 Å². The smallest absolute Gasteiger partial charge is 0.326 e. The highest BCUT2D eigenvalue weighted by Gasteiger charge is 2.25. The van der Waals surface area contributed by atoms with Gasteiger partial charge in [-0.1, -0.05) is 56.5 Å². The number of carboxylic acid groups (broad SMARTS) is 1. The number of hydrogen-bond acceptors (Lipinski definition) is 3. The zero-order chi connectivity index (χ0) is 22.2. The molecular formula is C25H32N2O4. The van der Waals surface area contributed by atoms with E-state index in [2.05, 4.69) is 12.2 Å². The molecule has 1 aromatic carbocycles. The Kier molecular flexibility index (Phi) is 8.04. The molecule has 0 spiro atoms. The van der Waals surface area contributed by atoms with Crippen LogP contribution in [-0.2, 0) is 30.6 Å². The molecule has 2 N–H and O–H groups in total. The maximum atomic E-state index is 13.3. The summed E-state index contributed by atoms with van der Waals surface area (Å²) in [7, 11) is 0. The molecule has 1 aromatic heterocycles. The van der Waals surface area contributed by atoms with Crippen molar-refractivity contribution in [1.82, 2.24) is 9.88 Å². The minimum absolute atomic E-state index is 0.0507. The molecule has 0 aliphatic heterocycles. The molecule has 0 unspecified atom stereocenters. The minimum Gasteiger partial charge on any atom is -0.480 e. The summed E-state index contributed by atoms with van der Waals surface area (Å²) in [6.07, 6.45) is 8.05. The monoisotopic (exact) mass is 424 g/mol. The molecule has 1 aliphatic carbocycles. The molecule has 0 saturated heterocycles. The topological polar surface area (TPSA) is 88.4 Å². The zero-order valence-corrected chi connectivity index (χ0v) is 18.2. The summed E-state index contributed by atoms with van der Waals surface area (Å²) in [5.74, 6) is -1.72. The number of nitrogens with zero attached hydrogens (tertiary/aromatic N) is 1. The first-order chi connectivity index (χ1) is 15.0. The van der Waals surface area contributed by atoms with Gasteiger partial charge in [-0.25, -0.2) is 4.79 Å². The molecule has 1 atom stereocenters. The first kappa shape index (κ1) is 22.8. The largest absolute Gasteiger partial charge is 0.480 e. The van der Waals surface area contributed by atoms with E-state index in [-0.39, 0.29) is 17.5 Å². The standard InChI is InChI=1S/C25H32N2O4/c1-2-3-15-27-22-14-10-5-4-9-13-19(22)17-20(24(27)29)23(28)26-21(25(30)31)16-18-11-7-6-8-12-18/h6-8,11-12,17,21H,2-5,9-10,13-16H2,1H3,(H,26,28)(H,30,31)/t21-/m0/s1. The molecule has 1 aliphatic rings. The quantitative estimate of drug-likeness (QED) is 0.676. The minimum atomic E-state index is -1.12. The van der Waals surface area contributed by atoms with Crippen LogP contribution in [0.4, 0.5) is 0 Å². The van der Waals surface area contributed by atoms with Gasteiger partial charge in [0.25, 0.3) is 11.5 Å². The van der Waals surface area contributed by atoms with Gasteiger partial charge in [0.15, 0.2) is 0 Å². The van der Waals surface area contributed by atoms with Crippen molar-refractivity contribution in [2.45, 2.75) is 77.3 Å². The molecule has 3 rings (SSSR count). The van der Waals surface area contributed by atoms with E-state index in [1.165, 1.54) is 0 Å². The average Bonchev–Trinajstić information content (AvgIpc) is 2.74. The molecule has 1 amide bonds. The van der Waals surface area contributed by atoms with Gasteiger partial charge >= 0.3 is 5.97 Å². The molecule has 6 heteroatoms. The van der Waals surface area contributed by atoms with Gasteiger partial charge < -0.3 is 15.0 Å². The highest BCUT2D eigenvalue weighted by atomic mass is 16.4. The Morgan fingerprint density at radius 1 is 1.10 bits per heavy atom. The van der Waals surface area contributed by atoms with E-state index >= 15 is 0 Å². The number of pyridine rings is 1. The van der Waals surface area contributed by atoms with Crippen molar-refractivity contribution in [2.75, 3.05) is 0 Å². The second kappa shape index (κ2) is 10.9. The third-order valence-electron chi connectivity index (χ3n) is 5.97. The highest BCUT2D eigenvalue weighted by Crippen LogP contribution is 2.21. The lowest BCUT2D eigenvalue weighted by Crippen LogP contribution is -2.45. The second-order valence-electron chi connectivity index (χ2n) is 8.31. The van der Waals surface area contributed by atoms with Crippen LogP contribution < -0.4 is 10.9 Å². The summed E-state index contributed by atoms with van der Waals surface area (Å²) >= 11 is 0. The first-order valence-electron chi connectivity index (χ1n) is 11.3. The number of rotatable bonds is 8. The number of aryl methyl sites for hydroxylation is 1. The Morgan fingerprint density at radius 3 is 2.48 bits per heavy atom. The predicted octanol–water partition coefficient (Wildman–Crippen LogP) is 3.73. The van der Waals surface area contributed by atoms with Crippen LogP contribution in [0.3, 0.4) is 0 Å². The molecule has 0 fully saturated rings. The molecule has 1 heterocycles. The number of amides is 1. The predicted molar refractivity (Wildman–Crippen MR) is 121 cm³/mol. The third kappa shape index (κ3) is 5.84. The Hall–Kier alpha value is -2.89. The van der Waals surface area contributed by atoms with Crippen LogP contribution in [0.25, 0.3) is 0 Å². The summed E-state index contributed by atoms with van der Waals surface area (Å²) in [6, 6.07) is 9.78. The van der Waals surface area contributed by atoms with Gasteiger partial charge in [-0.15, -0.1) is 0 Å². The molecule has 2 aromatic rings. The Balaban J connectivity index is 1.92. The van der Waals surface area contributed by atoms with Crippen LogP contribution in [0, 0.1) is 0 Å². The number of benzene rings is 1. The van der Waals surface area contributed by atoms with Crippen LogP contribution in [0.1, 0.15) is 72.6 Å². The average molecular weight is 425 g/mol. The summed E-state index contributed by atoms with van der Waals surface area (Å²) < 4.78 is 1.77. The van der Waals surface area contributed by atoms with Crippen LogP contribution in [-0.4, -0.2) is 27.6 Å². The number of carbonyl (C=O) groups is 2. The van der Waals surface area contributed by atoms with Gasteiger partial charge in [0.2, 0.25) is 0 Å². The van der Waals surface area contributed by atoms with Crippen LogP contribution >= 0.6 is 0 Å². The third-order valence-corrected chi connectivity index (χ3v) is 5.97. The number of unbranched alkanes of at least 4 members (excludes halogenated alkanes) is 1. The van der Waals surface area contributed by atoms with Gasteiger partial charge in [0, 0.05) is 18.7 Å². The molecule has 0 saturated carbocycles. The van der Waals surface area contributed by atoms with Crippen molar-refractivity contribution in [1.29, 1.82) is 0 Å². The number of nitrogens with one attached hydrogen (secondary N) is 1. The van der Waals surface area contributed by atoms with Crippen LogP contribution in [0.5, 0.6) is 0 Å². The normalized spacial score (nSPS) is 14.7. The van der Waals surface area contributed by atoms with Crippen molar-refractivity contribution in [3.05, 3.63) is 69.1 Å². The van der Waals surface area contributed by atoms with Crippen molar-refractivity contribution in [3.8, 4) is 0 Å². The van der Waals surface area contributed by atoms with Crippen LogP contribution in [0.2, 0.25) is 0 Å². The molecule has 0 bridgehead atoms. The Morgan fingerprint density at radius 2 is 1.81 bits per heavy atom. The lowest BCUT2D eigenvalue weighted by atomic mass is 9.95. The van der Waals surface area contributed by atoms with E-state index in [0.717, 1.165) is 68.2 Å². The molecule has 6 nitrogen and oxygen atoms in total. The summed E-state index contributed by atoms with van der Waals surface area (Å²) in [5.41, 5.74) is 2.65. The van der Waals surface area contributed by atoms with Gasteiger partial charge in [-0.05, 0) is 49.3 Å². The fourth-order valence-corrected chi connectivity index (χ4v) is 4.24. The maximum Gasteiger partial charge on any atom is 0.326 e. The van der Waals surface area contributed by atoms with Crippen molar-refractivity contribution >= 4 is 11.9 Å². The fourth-order valence-electron chi connectivity index (χ4n) is 4.24. The van der Waals surface area contributed by atoms with E-state index in [0.29, 0.717) is 6.54 Å². The van der Waals surface area contributed by atoms with Crippen molar-refractivity contribution < 1.29 is 14.7 Å². The molecule has 166 valence electrons. The summed E-state index contributed by atoms with van der Waals surface area (Å²) in [4.78, 5) is 38.1. The number of aliphatic carboxylic acids is 1. The van der Waals surface area contributed by atoms with E-state index < -0.39 is 17.9 Å². The van der Waals surface area contributed by atoms with Crippen molar-refractivity contribution in [2.24, 2.45) is 0 Å². The van der Waals surface area contributed by atoms with E-state index in [1.807, 2.05) is 30.3 Å². The highest BCUT2D eigenvalue weighted by molar-refractivity contribution is 5.96. The number of carbonyl (C=O) groups excluding carboxylic acids is 1. The van der Waals surface area contributed by atoms with E-state index in [1.54, 1.807) is 10.6 Å². The fraction of sp³-hybridized carbons (Fsp3) is 0.480. The number of carboxylic acids is 1. The van der Waals surface area contributed by atoms with E-state index in [4.69, 9.17) is 0 Å². The SMILES string of the molecule is CCCCn1c2c(cc(C(=O)N[C@@H](Cc3ccccc3)C(=O)O)c1=O)CCCCCC2. The lowest BCUT2D eigenvalue weighted by Gasteiger charge is -2.21. The number of hydrogen-bond donors (Lipinski definition) is 2. The second-order valence-corrected chi connectivity index (χ2v) is 8.31. The zero-order valence-electron chi connectivity index (χ0n) is 18.2. The lowest BCUT2D eigenvalue weighted by molar-refractivity contribution is -0.139. The summed E-state index contributed by atoms with van der Waals surface area (Å²) in [6.45, 7) is 2.66. The van der Waals surface area contributed by atoms with Gasteiger partial charge in [0.1, 0.15) is 11.6 Å². The Labute approximate surface area is 183 Å². The number of aromatic nitrogens is 1.